The first-order valence-corrected chi connectivity index (χ1v) is 5.99. The molecule has 0 radical (unpaired) electrons. The molecule has 0 atom stereocenters. The Bertz CT molecular complexity index is 591. The molecule has 0 amide bonds. The summed E-state index contributed by atoms with van der Waals surface area (Å²) in [5.41, 5.74) is 1.92. The van der Waals surface area contributed by atoms with E-state index in [1.54, 1.807) is 18.2 Å². The number of rotatable bonds is 3. The molecule has 0 heterocycles. The maximum atomic E-state index is 13.0. The fraction of sp³-hybridized carbons (Fsp3) is 0.143. The van der Waals surface area contributed by atoms with Crippen LogP contribution in [0.1, 0.15) is 11.1 Å². The molecule has 0 saturated heterocycles. The first-order valence-electron chi connectivity index (χ1n) is 5.61. The number of nitrogens with one attached hydrogen (secondary N) is 1. The Hall–Kier alpha value is -1.68. The summed E-state index contributed by atoms with van der Waals surface area (Å²) in [6.07, 6.45) is 0. The van der Waals surface area contributed by atoms with E-state index < -0.39 is 17.5 Å². The third kappa shape index (κ3) is 3.01. The van der Waals surface area contributed by atoms with Crippen LogP contribution in [-0.4, -0.2) is 0 Å². The van der Waals surface area contributed by atoms with Crippen LogP contribution in [0.3, 0.4) is 0 Å². The second-order valence-electron chi connectivity index (χ2n) is 4.14. The molecule has 2 rings (SSSR count). The average molecular weight is 286 g/mol. The Labute approximate surface area is 114 Å². The van der Waals surface area contributed by atoms with E-state index in [1.807, 2.05) is 6.92 Å². The van der Waals surface area contributed by atoms with E-state index >= 15 is 0 Å². The Morgan fingerprint density at radius 2 is 1.74 bits per heavy atom. The quantitative estimate of drug-likeness (QED) is 0.808. The van der Waals surface area contributed by atoms with Crippen LogP contribution in [-0.2, 0) is 6.54 Å². The molecular formula is C14H11ClF3N. The fourth-order valence-electron chi connectivity index (χ4n) is 1.71. The third-order valence-corrected chi connectivity index (χ3v) is 3.20. The topological polar surface area (TPSA) is 12.0 Å². The molecule has 5 heteroatoms. The van der Waals surface area contributed by atoms with Crippen molar-refractivity contribution in [2.75, 3.05) is 5.32 Å². The van der Waals surface area contributed by atoms with E-state index in [0.29, 0.717) is 10.6 Å². The minimum atomic E-state index is -1.46. The van der Waals surface area contributed by atoms with Crippen LogP contribution in [0, 0.1) is 24.4 Å². The van der Waals surface area contributed by atoms with E-state index in [1.165, 1.54) is 0 Å². The second kappa shape index (κ2) is 5.53. The molecule has 0 spiro atoms. The molecule has 0 aliphatic carbocycles. The highest BCUT2D eigenvalue weighted by Gasteiger charge is 2.10. The van der Waals surface area contributed by atoms with Gasteiger partial charge in [-0.25, -0.2) is 13.2 Å². The monoisotopic (exact) mass is 285 g/mol. The zero-order valence-corrected chi connectivity index (χ0v) is 10.9. The summed E-state index contributed by atoms with van der Waals surface area (Å²) in [6, 6.07) is 7.25. The Morgan fingerprint density at radius 1 is 1.11 bits per heavy atom. The van der Waals surface area contributed by atoms with Gasteiger partial charge in [0.25, 0.3) is 0 Å². The summed E-state index contributed by atoms with van der Waals surface area (Å²) >= 11 is 5.96. The third-order valence-electron chi connectivity index (χ3n) is 2.79. The number of benzene rings is 2. The van der Waals surface area contributed by atoms with Crippen molar-refractivity contribution in [3.8, 4) is 0 Å². The molecule has 0 bridgehead atoms. The van der Waals surface area contributed by atoms with Crippen LogP contribution in [0.4, 0.5) is 18.9 Å². The summed E-state index contributed by atoms with van der Waals surface area (Å²) in [5.74, 6) is -3.85. The Balaban J connectivity index is 2.17. The van der Waals surface area contributed by atoms with Crippen LogP contribution in [0.5, 0.6) is 0 Å². The molecule has 0 unspecified atom stereocenters. The molecule has 1 N–H and O–H groups in total. The van der Waals surface area contributed by atoms with Crippen molar-refractivity contribution in [3.05, 3.63) is 63.9 Å². The molecule has 0 aromatic heterocycles. The van der Waals surface area contributed by atoms with Gasteiger partial charge in [0.15, 0.2) is 17.5 Å². The van der Waals surface area contributed by atoms with E-state index in [4.69, 9.17) is 11.6 Å². The highest BCUT2D eigenvalue weighted by atomic mass is 35.5. The smallest absolute Gasteiger partial charge is 0.194 e. The predicted molar refractivity (Wildman–Crippen MR) is 69.8 cm³/mol. The van der Waals surface area contributed by atoms with E-state index in [0.717, 1.165) is 23.4 Å². The first-order chi connectivity index (χ1) is 8.99. The van der Waals surface area contributed by atoms with E-state index in [-0.39, 0.29) is 6.54 Å². The van der Waals surface area contributed by atoms with Gasteiger partial charge in [0.1, 0.15) is 0 Å². The molecule has 0 fully saturated rings. The number of anilines is 1. The van der Waals surface area contributed by atoms with Crippen molar-refractivity contribution in [1.29, 1.82) is 0 Å². The molecule has 0 saturated carbocycles. The number of hydrogen-bond donors (Lipinski definition) is 1. The van der Waals surface area contributed by atoms with Crippen LogP contribution in [0.25, 0.3) is 0 Å². The molecule has 0 aliphatic heterocycles. The van der Waals surface area contributed by atoms with Gasteiger partial charge in [-0.3, -0.25) is 0 Å². The lowest BCUT2D eigenvalue weighted by Crippen LogP contribution is -2.03. The number of hydrogen-bond acceptors (Lipinski definition) is 1. The SMILES string of the molecule is Cc1c(Cl)cccc1NCc1cc(F)c(F)c(F)c1. The maximum absolute atomic E-state index is 13.0. The van der Waals surface area contributed by atoms with Crippen molar-refractivity contribution in [2.24, 2.45) is 0 Å². The second-order valence-corrected chi connectivity index (χ2v) is 4.55. The highest BCUT2D eigenvalue weighted by molar-refractivity contribution is 6.31. The molecular weight excluding hydrogens is 275 g/mol. The predicted octanol–water partition coefficient (Wildman–Crippen LogP) is 4.68. The summed E-state index contributed by atoms with van der Waals surface area (Å²) in [4.78, 5) is 0. The van der Waals surface area contributed by atoms with Crippen molar-refractivity contribution in [2.45, 2.75) is 13.5 Å². The van der Waals surface area contributed by atoms with Gasteiger partial charge >= 0.3 is 0 Å². The van der Waals surface area contributed by atoms with Crippen LogP contribution in [0.2, 0.25) is 5.02 Å². The van der Waals surface area contributed by atoms with Gasteiger partial charge in [0, 0.05) is 17.3 Å². The minimum absolute atomic E-state index is 0.176. The first kappa shape index (κ1) is 13.7. The van der Waals surface area contributed by atoms with Crippen molar-refractivity contribution < 1.29 is 13.2 Å². The summed E-state index contributed by atoms with van der Waals surface area (Å²) in [5, 5.41) is 3.60. The summed E-state index contributed by atoms with van der Waals surface area (Å²) < 4.78 is 38.9. The normalized spacial score (nSPS) is 10.6. The maximum Gasteiger partial charge on any atom is 0.194 e. The zero-order chi connectivity index (χ0) is 14.0. The van der Waals surface area contributed by atoms with Gasteiger partial charge in [-0.1, -0.05) is 17.7 Å². The lowest BCUT2D eigenvalue weighted by atomic mass is 10.1. The van der Waals surface area contributed by atoms with Gasteiger partial charge in [-0.2, -0.15) is 0 Å². The zero-order valence-electron chi connectivity index (χ0n) is 10.1. The van der Waals surface area contributed by atoms with Gasteiger partial charge in [0.05, 0.1) is 0 Å². The van der Waals surface area contributed by atoms with Crippen LogP contribution < -0.4 is 5.32 Å². The van der Waals surface area contributed by atoms with Crippen LogP contribution in [0.15, 0.2) is 30.3 Å². The Kier molecular flexibility index (Phi) is 4.00. The molecule has 1 nitrogen and oxygen atoms in total. The minimum Gasteiger partial charge on any atom is -0.381 e. The van der Waals surface area contributed by atoms with Gasteiger partial charge in [-0.15, -0.1) is 0 Å². The van der Waals surface area contributed by atoms with Crippen molar-refractivity contribution in [1.82, 2.24) is 0 Å². The molecule has 2 aromatic rings. The van der Waals surface area contributed by atoms with Crippen molar-refractivity contribution >= 4 is 17.3 Å². The highest BCUT2D eigenvalue weighted by Crippen LogP contribution is 2.23. The average Bonchev–Trinajstić information content (AvgIpc) is 2.37. The summed E-state index contributed by atoms with van der Waals surface area (Å²) in [6.45, 7) is 2.01. The molecule has 2 aromatic carbocycles. The lowest BCUT2D eigenvalue weighted by molar-refractivity contribution is 0.445. The molecule has 0 aliphatic rings. The van der Waals surface area contributed by atoms with E-state index in [9.17, 15) is 13.2 Å². The van der Waals surface area contributed by atoms with Gasteiger partial charge in [-0.05, 0) is 42.3 Å². The van der Waals surface area contributed by atoms with Crippen LogP contribution >= 0.6 is 11.6 Å². The number of halogens is 4. The molecule has 100 valence electrons. The summed E-state index contributed by atoms with van der Waals surface area (Å²) in [7, 11) is 0. The van der Waals surface area contributed by atoms with Gasteiger partial charge < -0.3 is 5.32 Å². The lowest BCUT2D eigenvalue weighted by Gasteiger charge is -2.11. The Morgan fingerprint density at radius 3 is 2.37 bits per heavy atom. The fourth-order valence-corrected chi connectivity index (χ4v) is 1.88. The largest absolute Gasteiger partial charge is 0.381 e. The van der Waals surface area contributed by atoms with Crippen molar-refractivity contribution in [3.63, 3.8) is 0 Å². The van der Waals surface area contributed by atoms with Gasteiger partial charge in [0.2, 0.25) is 0 Å². The standard InChI is InChI=1S/C14H11ClF3N/c1-8-10(15)3-2-4-13(8)19-7-9-5-11(16)14(18)12(17)6-9/h2-6,19H,7H2,1H3. The van der Waals surface area contributed by atoms with E-state index in [2.05, 4.69) is 5.32 Å². The molecule has 19 heavy (non-hydrogen) atoms.